The fourth-order valence-corrected chi connectivity index (χ4v) is 5.72. The summed E-state index contributed by atoms with van der Waals surface area (Å²) < 4.78 is 0. The molecule has 0 radical (unpaired) electrons. The number of aliphatic imine (C=N–C) groups is 1. The molecule has 0 aromatic rings. The summed E-state index contributed by atoms with van der Waals surface area (Å²) in [6.07, 6.45) is 13.5. The van der Waals surface area contributed by atoms with Crippen molar-refractivity contribution in [2.75, 3.05) is 72.0 Å². The summed E-state index contributed by atoms with van der Waals surface area (Å²) in [6.45, 7) is 17.3. The van der Waals surface area contributed by atoms with Gasteiger partial charge in [-0.05, 0) is 71.6 Å². The van der Waals surface area contributed by atoms with Crippen LogP contribution in [0.1, 0.15) is 78.1 Å². The average molecular weight is 435 g/mol. The van der Waals surface area contributed by atoms with Gasteiger partial charge in [-0.15, -0.1) is 0 Å². The number of guanidine groups is 1. The minimum absolute atomic E-state index is 0.321. The van der Waals surface area contributed by atoms with Gasteiger partial charge in [-0.25, -0.2) is 0 Å². The fraction of sp³-hybridized carbons (Fsp3) is 0.960. The van der Waals surface area contributed by atoms with Gasteiger partial charge in [0.2, 0.25) is 0 Å². The van der Waals surface area contributed by atoms with Crippen LogP contribution >= 0.6 is 0 Å². The predicted molar refractivity (Wildman–Crippen MR) is 133 cm³/mol. The average Bonchev–Trinajstić information content (AvgIpc) is 2.84. The summed E-state index contributed by atoms with van der Waals surface area (Å²) >= 11 is 0. The standard InChI is InChI=1S/C25H50N6/c1-3-26-24(27-15-9-12-16-30-21-19-29(4-2)20-22-30)28-23-25(13-7-5-8-14-25)31-17-10-6-11-18-31/h3-23H2,1-2H3,(H2,26,27,28). The Morgan fingerprint density at radius 1 is 0.774 bits per heavy atom. The van der Waals surface area contributed by atoms with Crippen molar-refractivity contribution in [3.8, 4) is 0 Å². The smallest absolute Gasteiger partial charge is 0.191 e. The Morgan fingerprint density at radius 3 is 2.13 bits per heavy atom. The van der Waals surface area contributed by atoms with Crippen LogP contribution in [0.5, 0.6) is 0 Å². The number of nitrogens with one attached hydrogen (secondary N) is 2. The fourth-order valence-electron chi connectivity index (χ4n) is 5.72. The number of hydrogen-bond acceptors (Lipinski definition) is 4. The van der Waals surface area contributed by atoms with Gasteiger partial charge in [0.1, 0.15) is 0 Å². The van der Waals surface area contributed by atoms with Crippen LogP contribution in [0.3, 0.4) is 0 Å². The third kappa shape index (κ3) is 7.90. The van der Waals surface area contributed by atoms with Crippen molar-refractivity contribution in [3.63, 3.8) is 0 Å². The lowest BCUT2D eigenvalue weighted by Gasteiger charge is -2.47. The van der Waals surface area contributed by atoms with Gasteiger partial charge in [-0.2, -0.15) is 0 Å². The summed E-state index contributed by atoms with van der Waals surface area (Å²) in [6, 6.07) is 0. The van der Waals surface area contributed by atoms with E-state index in [1.54, 1.807) is 0 Å². The molecule has 2 saturated heterocycles. The van der Waals surface area contributed by atoms with Gasteiger partial charge in [0.05, 0.1) is 6.54 Å². The van der Waals surface area contributed by atoms with Crippen molar-refractivity contribution >= 4 is 5.96 Å². The first-order chi connectivity index (χ1) is 15.3. The first kappa shape index (κ1) is 24.8. The lowest BCUT2D eigenvalue weighted by Crippen LogP contribution is -2.54. The lowest BCUT2D eigenvalue weighted by molar-refractivity contribution is 0.0407. The van der Waals surface area contributed by atoms with Crippen molar-refractivity contribution < 1.29 is 0 Å². The highest BCUT2D eigenvalue weighted by Crippen LogP contribution is 2.35. The molecule has 3 rings (SSSR count). The second-order valence-corrected chi connectivity index (χ2v) is 9.94. The molecule has 31 heavy (non-hydrogen) atoms. The Labute approximate surface area is 192 Å². The van der Waals surface area contributed by atoms with Crippen molar-refractivity contribution in [1.29, 1.82) is 0 Å². The molecule has 3 aliphatic rings. The lowest BCUT2D eigenvalue weighted by atomic mass is 9.79. The van der Waals surface area contributed by atoms with E-state index in [0.717, 1.165) is 25.6 Å². The van der Waals surface area contributed by atoms with E-state index in [1.807, 2.05) is 0 Å². The van der Waals surface area contributed by atoms with E-state index in [1.165, 1.54) is 117 Å². The van der Waals surface area contributed by atoms with Gasteiger partial charge in [0.25, 0.3) is 0 Å². The molecule has 0 amide bonds. The molecule has 2 aliphatic heterocycles. The number of piperazine rings is 1. The molecule has 0 unspecified atom stereocenters. The molecule has 0 atom stereocenters. The minimum atomic E-state index is 0.321. The predicted octanol–water partition coefficient (Wildman–Crippen LogP) is 3.15. The van der Waals surface area contributed by atoms with Crippen LogP contribution in [-0.2, 0) is 0 Å². The monoisotopic (exact) mass is 434 g/mol. The first-order valence-electron chi connectivity index (χ1n) is 13.5. The first-order valence-corrected chi connectivity index (χ1v) is 13.5. The molecule has 2 N–H and O–H groups in total. The molecule has 6 heteroatoms. The second-order valence-electron chi connectivity index (χ2n) is 9.94. The summed E-state index contributed by atoms with van der Waals surface area (Å²) in [4.78, 5) is 13.1. The highest BCUT2D eigenvalue weighted by atomic mass is 15.3. The maximum Gasteiger partial charge on any atom is 0.191 e. The van der Waals surface area contributed by atoms with Crippen LogP contribution in [0.2, 0.25) is 0 Å². The van der Waals surface area contributed by atoms with E-state index in [0.29, 0.717) is 5.54 Å². The molecule has 0 spiro atoms. The SMILES string of the molecule is CCNC(=NCC1(N2CCCCC2)CCCCC1)NCCCCN1CCN(CC)CC1. The summed E-state index contributed by atoms with van der Waals surface area (Å²) in [7, 11) is 0. The summed E-state index contributed by atoms with van der Waals surface area (Å²) in [5.74, 6) is 1.03. The van der Waals surface area contributed by atoms with Crippen molar-refractivity contribution in [2.45, 2.75) is 83.6 Å². The van der Waals surface area contributed by atoms with Crippen molar-refractivity contribution in [3.05, 3.63) is 0 Å². The zero-order valence-electron chi connectivity index (χ0n) is 20.6. The zero-order chi connectivity index (χ0) is 21.8. The van der Waals surface area contributed by atoms with E-state index in [2.05, 4.69) is 39.2 Å². The zero-order valence-corrected chi connectivity index (χ0v) is 20.6. The molecule has 6 nitrogen and oxygen atoms in total. The van der Waals surface area contributed by atoms with Crippen LogP contribution in [0.15, 0.2) is 4.99 Å². The Balaban J connectivity index is 1.42. The van der Waals surface area contributed by atoms with Crippen LogP contribution in [0.4, 0.5) is 0 Å². The largest absolute Gasteiger partial charge is 0.357 e. The second kappa shape index (κ2) is 13.6. The highest BCUT2D eigenvalue weighted by Gasteiger charge is 2.38. The van der Waals surface area contributed by atoms with Crippen LogP contribution < -0.4 is 10.6 Å². The van der Waals surface area contributed by atoms with Gasteiger partial charge >= 0.3 is 0 Å². The normalized spacial score (nSPS) is 24.3. The Kier molecular flexibility index (Phi) is 10.9. The van der Waals surface area contributed by atoms with Crippen LogP contribution in [-0.4, -0.2) is 98.2 Å². The molecule has 0 aromatic carbocycles. The minimum Gasteiger partial charge on any atom is -0.357 e. The number of unbranched alkanes of at least 4 members (excludes halogenated alkanes) is 1. The van der Waals surface area contributed by atoms with Crippen molar-refractivity contribution in [1.82, 2.24) is 25.3 Å². The number of likely N-dealkylation sites (tertiary alicyclic amines) is 1. The highest BCUT2D eigenvalue weighted by molar-refractivity contribution is 5.79. The maximum atomic E-state index is 5.13. The molecule has 2 heterocycles. The number of likely N-dealkylation sites (N-methyl/N-ethyl adjacent to an activating group) is 1. The summed E-state index contributed by atoms with van der Waals surface area (Å²) in [5.41, 5.74) is 0.321. The van der Waals surface area contributed by atoms with Gasteiger partial charge in [-0.3, -0.25) is 9.89 Å². The van der Waals surface area contributed by atoms with E-state index in [4.69, 9.17) is 4.99 Å². The van der Waals surface area contributed by atoms with Gasteiger partial charge in [0.15, 0.2) is 5.96 Å². The molecule has 3 fully saturated rings. The molecule has 1 aliphatic carbocycles. The Bertz CT molecular complexity index is 502. The van der Waals surface area contributed by atoms with Crippen LogP contribution in [0.25, 0.3) is 0 Å². The molecule has 0 aromatic heterocycles. The van der Waals surface area contributed by atoms with E-state index in [-0.39, 0.29) is 0 Å². The molecular weight excluding hydrogens is 384 g/mol. The van der Waals surface area contributed by atoms with Gasteiger partial charge in [0, 0.05) is 44.8 Å². The third-order valence-electron chi connectivity index (χ3n) is 7.79. The van der Waals surface area contributed by atoms with E-state index in [9.17, 15) is 0 Å². The number of nitrogens with zero attached hydrogens (tertiary/aromatic N) is 4. The molecule has 180 valence electrons. The third-order valence-corrected chi connectivity index (χ3v) is 7.79. The van der Waals surface area contributed by atoms with Crippen LogP contribution in [0, 0.1) is 0 Å². The van der Waals surface area contributed by atoms with Gasteiger partial charge < -0.3 is 20.4 Å². The summed E-state index contributed by atoms with van der Waals surface area (Å²) in [5, 5.41) is 7.13. The Hall–Kier alpha value is -0.850. The van der Waals surface area contributed by atoms with E-state index >= 15 is 0 Å². The van der Waals surface area contributed by atoms with Crippen molar-refractivity contribution in [2.24, 2.45) is 4.99 Å². The number of hydrogen-bond donors (Lipinski definition) is 2. The number of rotatable bonds is 10. The molecular formula is C25H50N6. The molecule has 1 saturated carbocycles. The van der Waals surface area contributed by atoms with E-state index < -0.39 is 0 Å². The topological polar surface area (TPSA) is 46.1 Å². The van der Waals surface area contributed by atoms with Gasteiger partial charge in [-0.1, -0.05) is 32.6 Å². The maximum absolute atomic E-state index is 5.13. The molecule has 0 bridgehead atoms. The Morgan fingerprint density at radius 2 is 1.45 bits per heavy atom. The quantitative estimate of drug-likeness (QED) is 0.314. The number of piperidine rings is 1.